The minimum Gasteiger partial charge on any atom is -0.478 e. The lowest BCUT2D eigenvalue weighted by Crippen LogP contribution is -2.47. The Labute approximate surface area is 107 Å². The molecule has 2 heterocycles. The van der Waals surface area contributed by atoms with Crippen molar-refractivity contribution in [3.05, 3.63) is 23.9 Å². The second kappa shape index (κ2) is 5.35. The van der Waals surface area contributed by atoms with Crippen LogP contribution in [0.4, 0.5) is 5.82 Å². The molecule has 1 aliphatic rings. The van der Waals surface area contributed by atoms with E-state index in [1.54, 1.807) is 18.3 Å². The van der Waals surface area contributed by atoms with Gasteiger partial charge in [-0.3, -0.25) is 0 Å². The van der Waals surface area contributed by atoms with Gasteiger partial charge in [-0.25, -0.2) is 14.8 Å². The Kier molecular flexibility index (Phi) is 3.81. The van der Waals surface area contributed by atoms with E-state index in [1.165, 1.54) is 6.42 Å². The molecule has 0 spiro atoms. The van der Waals surface area contributed by atoms with Crippen molar-refractivity contribution in [2.24, 2.45) is 0 Å². The van der Waals surface area contributed by atoms with Gasteiger partial charge >= 0.3 is 5.97 Å². The highest BCUT2D eigenvalue weighted by Gasteiger charge is 2.26. The van der Waals surface area contributed by atoms with E-state index in [9.17, 15) is 4.79 Å². The molecule has 18 heavy (non-hydrogen) atoms. The Morgan fingerprint density at radius 2 is 2.11 bits per heavy atom. The molecule has 0 aromatic carbocycles. The predicted octanol–water partition coefficient (Wildman–Crippen LogP) is 2.37. The molecule has 0 radical (unpaired) electrons. The Morgan fingerprint density at radius 3 is 2.72 bits per heavy atom. The van der Waals surface area contributed by atoms with E-state index >= 15 is 0 Å². The van der Waals surface area contributed by atoms with Gasteiger partial charge in [-0.1, -0.05) is 6.42 Å². The van der Waals surface area contributed by atoms with Gasteiger partial charge in [0.1, 0.15) is 5.56 Å². The number of carboxylic acids is 1. The van der Waals surface area contributed by atoms with Gasteiger partial charge in [0, 0.05) is 18.3 Å². The highest BCUT2D eigenvalue weighted by Crippen LogP contribution is 2.23. The van der Waals surface area contributed by atoms with E-state index in [2.05, 4.69) is 29.3 Å². The number of carboxylic acid groups (broad SMARTS) is 1. The van der Waals surface area contributed by atoms with Crippen LogP contribution in [0.5, 0.6) is 0 Å². The van der Waals surface area contributed by atoms with Crippen LogP contribution in [0.1, 0.15) is 43.5 Å². The normalized spacial score (nSPS) is 24.8. The summed E-state index contributed by atoms with van der Waals surface area (Å²) in [6.07, 6.45) is 5.06. The number of nitrogens with zero attached hydrogens (tertiary/aromatic N) is 2. The van der Waals surface area contributed by atoms with Crippen LogP contribution in [0.25, 0.3) is 0 Å². The third kappa shape index (κ3) is 2.61. The number of anilines is 1. The summed E-state index contributed by atoms with van der Waals surface area (Å²) < 4.78 is 0. The van der Waals surface area contributed by atoms with Gasteiger partial charge in [0.25, 0.3) is 0 Å². The maximum Gasteiger partial charge on any atom is 0.339 e. The lowest BCUT2D eigenvalue weighted by molar-refractivity contribution is 0.0695. The molecular formula is C13H19N3O2. The first-order chi connectivity index (χ1) is 8.59. The van der Waals surface area contributed by atoms with Crippen LogP contribution in [-0.2, 0) is 0 Å². The largest absolute Gasteiger partial charge is 0.478 e. The third-order valence-corrected chi connectivity index (χ3v) is 3.47. The number of rotatable bonds is 3. The van der Waals surface area contributed by atoms with Crippen LogP contribution in [0.15, 0.2) is 18.3 Å². The SMILES string of the molecule is CC1CCCC(C)N1Nc1ncccc1C(=O)O. The van der Waals surface area contributed by atoms with Crippen molar-refractivity contribution >= 4 is 11.8 Å². The zero-order valence-electron chi connectivity index (χ0n) is 10.8. The van der Waals surface area contributed by atoms with E-state index in [1.807, 2.05) is 0 Å². The molecule has 1 aliphatic heterocycles. The Balaban J connectivity index is 2.20. The topological polar surface area (TPSA) is 65.5 Å². The molecule has 1 saturated heterocycles. The molecule has 5 heteroatoms. The van der Waals surface area contributed by atoms with Crippen LogP contribution in [0, 0.1) is 0 Å². The number of hydrazine groups is 1. The summed E-state index contributed by atoms with van der Waals surface area (Å²) in [5.41, 5.74) is 3.38. The van der Waals surface area contributed by atoms with Crippen molar-refractivity contribution in [2.45, 2.75) is 45.2 Å². The van der Waals surface area contributed by atoms with Gasteiger partial charge in [0.15, 0.2) is 5.82 Å². The second-order valence-corrected chi connectivity index (χ2v) is 4.85. The predicted molar refractivity (Wildman–Crippen MR) is 69.4 cm³/mol. The average Bonchev–Trinajstić information content (AvgIpc) is 2.34. The maximum atomic E-state index is 11.1. The summed E-state index contributed by atoms with van der Waals surface area (Å²) in [5.74, 6) is -0.534. The van der Waals surface area contributed by atoms with Gasteiger partial charge in [0.2, 0.25) is 0 Å². The number of hydrogen-bond acceptors (Lipinski definition) is 4. The Hall–Kier alpha value is -1.62. The van der Waals surface area contributed by atoms with Crippen LogP contribution < -0.4 is 5.43 Å². The van der Waals surface area contributed by atoms with Crippen molar-refractivity contribution in [1.29, 1.82) is 0 Å². The zero-order valence-corrected chi connectivity index (χ0v) is 10.8. The van der Waals surface area contributed by atoms with Crippen LogP contribution in [-0.4, -0.2) is 33.2 Å². The monoisotopic (exact) mass is 249 g/mol. The minimum absolute atomic E-state index is 0.211. The molecule has 2 unspecified atom stereocenters. The van der Waals surface area contributed by atoms with E-state index in [-0.39, 0.29) is 5.56 Å². The van der Waals surface area contributed by atoms with Crippen molar-refractivity contribution in [3.63, 3.8) is 0 Å². The fourth-order valence-corrected chi connectivity index (χ4v) is 2.43. The van der Waals surface area contributed by atoms with Crippen molar-refractivity contribution in [3.8, 4) is 0 Å². The standard InChI is InChI=1S/C13H19N3O2/c1-9-5-3-6-10(2)16(9)15-12-11(13(17)18)7-4-8-14-12/h4,7-10H,3,5-6H2,1-2H3,(H,14,15)(H,17,18). The number of nitrogens with one attached hydrogen (secondary N) is 1. The van der Waals surface area contributed by atoms with Crippen LogP contribution in [0.2, 0.25) is 0 Å². The fraction of sp³-hybridized carbons (Fsp3) is 0.538. The molecule has 1 fully saturated rings. The number of aromatic carboxylic acids is 1. The summed E-state index contributed by atoms with van der Waals surface area (Å²) in [6.45, 7) is 4.29. The van der Waals surface area contributed by atoms with E-state index in [4.69, 9.17) is 5.11 Å². The number of piperidine rings is 1. The molecule has 1 aromatic heterocycles. The molecular weight excluding hydrogens is 230 g/mol. The first-order valence-electron chi connectivity index (χ1n) is 6.33. The van der Waals surface area contributed by atoms with E-state index in [0.29, 0.717) is 17.9 Å². The van der Waals surface area contributed by atoms with Crippen molar-refractivity contribution in [2.75, 3.05) is 5.43 Å². The summed E-state index contributed by atoms with van der Waals surface area (Å²) in [5, 5.41) is 11.2. The van der Waals surface area contributed by atoms with Crippen LogP contribution in [0.3, 0.4) is 0 Å². The number of carbonyl (C=O) groups is 1. The van der Waals surface area contributed by atoms with Gasteiger partial charge in [-0.15, -0.1) is 0 Å². The number of pyridine rings is 1. The average molecular weight is 249 g/mol. The lowest BCUT2D eigenvalue weighted by Gasteiger charge is -2.39. The first-order valence-corrected chi connectivity index (χ1v) is 6.33. The van der Waals surface area contributed by atoms with Gasteiger partial charge in [-0.05, 0) is 38.8 Å². The molecule has 0 saturated carbocycles. The molecule has 0 bridgehead atoms. The van der Waals surface area contributed by atoms with Gasteiger partial charge < -0.3 is 10.5 Å². The lowest BCUT2D eigenvalue weighted by atomic mass is 10.00. The zero-order chi connectivity index (χ0) is 13.1. The smallest absolute Gasteiger partial charge is 0.339 e. The molecule has 0 aliphatic carbocycles. The van der Waals surface area contributed by atoms with Crippen molar-refractivity contribution in [1.82, 2.24) is 9.99 Å². The Bertz CT molecular complexity index is 426. The highest BCUT2D eigenvalue weighted by molar-refractivity contribution is 5.92. The summed E-state index contributed by atoms with van der Waals surface area (Å²) in [6, 6.07) is 3.98. The molecule has 2 N–H and O–H groups in total. The number of hydrogen-bond donors (Lipinski definition) is 2. The number of aromatic nitrogens is 1. The van der Waals surface area contributed by atoms with E-state index < -0.39 is 5.97 Å². The van der Waals surface area contributed by atoms with E-state index in [0.717, 1.165) is 12.8 Å². The minimum atomic E-state index is -0.956. The second-order valence-electron chi connectivity index (χ2n) is 4.85. The molecule has 2 rings (SSSR count). The van der Waals surface area contributed by atoms with Crippen molar-refractivity contribution < 1.29 is 9.90 Å². The third-order valence-electron chi connectivity index (χ3n) is 3.47. The molecule has 98 valence electrons. The maximum absolute atomic E-state index is 11.1. The van der Waals surface area contributed by atoms with Gasteiger partial charge in [-0.2, -0.15) is 0 Å². The molecule has 0 amide bonds. The highest BCUT2D eigenvalue weighted by atomic mass is 16.4. The Morgan fingerprint density at radius 1 is 1.44 bits per heavy atom. The summed E-state index contributed by atoms with van der Waals surface area (Å²) in [7, 11) is 0. The quantitative estimate of drug-likeness (QED) is 0.861. The first kappa shape index (κ1) is 12.8. The van der Waals surface area contributed by atoms with Gasteiger partial charge in [0.05, 0.1) is 0 Å². The molecule has 2 atom stereocenters. The summed E-state index contributed by atoms with van der Waals surface area (Å²) in [4.78, 5) is 15.3. The fourth-order valence-electron chi connectivity index (χ4n) is 2.43. The summed E-state index contributed by atoms with van der Waals surface area (Å²) >= 11 is 0. The van der Waals surface area contributed by atoms with Crippen LogP contribution >= 0.6 is 0 Å². The molecule has 1 aromatic rings. The molecule has 5 nitrogen and oxygen atoms in total.